The molecule has 2 aromatic rings. The van der Waals surface area contributed by atoms with Crippen molar-refractivity contribution in [2.45, 2.75) is 0 Å². The van der Waals surface area contributed by atoms with Crippen LogP contribution in [0.3, 0.4) is 0 Å². The summed E-state index contributed by atoms with van der Waals surface area (Å²) in [5, 5.41) is 17.9. The first kappa shape index (κ1) is 11.8. The van der Waals surface area contributed by atoms with E-state index < -0.39 is 11.9 Å². The molecule has 0 fully saturated rings. The van der Waals surface area contributed by atoms with Crippen molar-refractivity contribution in [3.8, 4) is 11.3 Å². The number of pyridine rings is 1. The molecule has 18 heavy (non-hydrogen) atoms. The van der Waals surface area contributed by atoms with Crippen LogP contribution in [0.4, 0.5) is 0 Å². The van der Waals surface area contributed by atoms with Crippen LogP contribution in [0.5, 0.6) is 0 Å². The third-order valence-corrected chi connectivity index (χ3v) is 2.41. The molecule has 0 aliphatic rings. The molecule has 90 valence electrons. The fourth-order valence-corrected chi connectivity index (χ4v) is 1.57. The highest BCUT2D eigenvalue weighted by atomic mass is 16.4. The average Bonchev–Trinajstić information content (AvgIpc) is 2.39. The predicted octanol–water partition coefficient (Wildman–Crippen LogP) is 2.14. The van der Waals surface area contributed by atoms with Crippen LogP contribution in [0.2, 0.25) is 0 Å². The van der Waals surface area contributed by atoms with Crippen molar-refractivity contribution in [1.82, 2.24) is 4.98 Å². The zero-order valence-corrected chi connectivity index (χ0v) is 9.20. The fourth-order valence-electron chi connectivity index (χ4n) is 1.57. The maximum atomic E-state index is 11.1. The summed E-state index contributed by atoms with van der Waals surface area (Å²) in [5.74, 6) is -2.41. The Labute approximate surface area is 102 Å². The number of hydrogen-bond acceptors (Lipinski definition) is 3. The molecule has 0 aliphatic heterocycles. The summed E-state index contributed by atoms with van der Waals surface area (Å²) in [5.41, 5.74) is 0.619. The van der Waals surface area contributed by atoms with E-state index >= 15 is 0 Å². The first-order valence-electron chi connectivity index (χ1n) is 5.11. The monoisotopic (exact) mass is 243 g/mol. The van der Waals surface area contributed by atoms with E-state index in [1.54, 1.807) is 30.3 Å². The van der Waals surface area contributed by atoms with Gasteiger partial charge in [0.25, 0.3) is 0 Å². The lowest BCUT2D eigenvalue weighted by Crippen LogP contribution is -2.06. The van der Waals surface area contributed by atoms with E-state index in [0.29, 0.717) is 5.56 Å². The molecule has 1 heterocycles. The minimum absolute atomic E-state index is 0.124. The van der Waals surface area contributed by atoms with Gasteiger partial charge in [0.15, 0.2) is 0 Å². The molecule has 1 aromatic carbocycles. The van der Waals surface area contributed by atoms with E-state index in [9.17, 15) is 9.59 Å². The summed E-state index contributed by atoms with van der Waals surface area (Å²) in [7, 11) is 0. The number of nitrogens with zero attached hydrogens (tertiary/aromatic N) is 1. The van der Waals surface area contributed by atoms with Crippen LogP contribution in [0.25, 0.3) is 11.3 Å². The summed E-state index contributed by atoms with van der Waals surface area (Å²) in [6, 6.07) is 9.86. The Bertz CT molecular complexity index is 608. The molecule has 0 aliphatic carbocycles. The van der Waals surface area contributed by atoms with Crippen molar-refractivity contribution in [3.63, 3.8) is 0 Å². The molecule has 1 aromatic heterocycles. The van der Waals surface area contributed by atoms with E-state index in [0.717, 1.165) is 12.3 Å². The van der Waals surface area contributed by atoms with Crippen molar-refractivity contribution in [2.24, 2.45) is 0 Å². The zero-order valence-electron chi connectivity index (χ0n) is 9.20. The maximum Gasteiger partial charge on any atom is 0.337 e. The fraction of sp³-hybridized carbons (Fsp3) is 0. The van der Waals surface area contributed by atoms with Crippen LogP contribution in [0, 0.1) is 0 Å². The Kier molecular flexibility index (Phi) is 3.05. The lowest BCUT2D eigenvalue weighted by atomic mass is 10.0. The largest absolute Gasteiger partial charge is 0.478 e. The van der Waals surface area contributed by atoms with Gasteiger partial charge in [-0.2, -0.15) is 0 Å². The first-order chi connectivity index (χ1) is 8.59. The lowest BCUT2D eigenvalue weighted by Gasteiger charge is -2.06. The van der Waals surface area contributed by atoms with Crippen molar-refractivity contribution < 1.29 is 19.8 Å². The minimum Gasteiger partial charge on any atom is -0.478 e. The molecule has 0 spiro atoms. The van der Waals surface area contributed by atoms with Gasteiger partial charge < -0.3 is 10.2 Å². The number of benzene rings is 1. The number of carboxylic acids is 2. The van der Waals surface area contributed by atoms with Crippen LogP contribution in [-0.4, -0.2) is 27.1 Å². The second-order valence-electron chi connectivity index (χ2n) is 3.60. The van der Waals surface area contributed by atoms with Gasteiger partial charge in [-0.05, 0) is 6.07 Å². The topological polar surface area (TPSA) is 87.5 Å². The third-order valence-electron chi connectivity index (χ3n) is 2.41. The molecule has 0 unspecified atom stereocenters. The van der Waals surface area contributed by atoms with Crippen LogP contribution < -0.4 is 0 Å². The summed E-state index contributed by atoms with van der Waals surface area (Å²) in [6.45, 7) is 0. The summed E-state index contributed by atoms with van der Waals surface area (Å²) >= 11 is 0. The van der Waals surface area contributed by atoms with E-state index in [2.05, 4.69) is 4.98 Å². The number of carboxylic acid groups (broad SMARTS) is 2. The van der Waals surface area contributed by atoms with Gasteiger partial charge in [0.05, 0.1) is 16.8 Å². The Hall–Kier alpha value is -2.69. The molecule has 5 nitrogen and oxygen atoms in total. The van der Waals surface area contributed by atoms with Gasteiger partial charge >= 0.3 is 11.9 Å². The molecule has 5 heteroatoms. The Morgan fingerprint density at radius 3 is 2.22 bits per heavy atom. The average molecular weight is 243 g/mol. The Morgan fingerprint density at radius 2 is 1.67 bits per heavy atom. The number of hydrogen-bond donors (Lipinski definition) is 2. The van der Waals surface area contributed by atoms with Crippen molar-refractivity contribution in [3.05, 3.63) is 53.7 Å². The number of aromatic nitrogens is 1. The normalized spacial score (nSPS) is 10.0. The second-order valence-corrected chi connectivity index (χ2v) is 3.60. The maximum absolute atomic E-state index is 11.1. The molecule has 0 bridgehead atoms. The Balaban J connectivity index is 2.61. The molecule has 0 saturated carbocycles. The van der Waals surface area contributed by atoms with E-state index in [1.807, 2.05) is 0 Å². The van der Waals surface area contributed by atoms with Gasteiger partial charge in [0.1, 0.15) is 0 Å². The van der Waals surface area contributed by atoms with Gasteiger partial charge in [0.2, 0.25) is 0 Å². The summed E-state index contributed by atoms with van der Waals surface area (Å²) < 4.78 is 0. The van der Waals surface area contributed by atoms with Gasteiger partial charge in [-0.15, -0.1) is 0 Å². The zero-order chi connectivity index (χ0) is 13.1. The van der Waals surface area contributed by atoms with Crippen LogP contribution in [-0.2, 0) is 0 Å². The summed E-state index contributed by atoms with van der Waals surface area (Å²) in [6.07, 6.45) is 1.15. The van der Waals surface area contributed by atoms with E-state index in [4.69, 9.17) is 10.2 Å². The molecule has 0 amide bonds. The quantitative estimate of drug-likeness (QED) is 0.862. The highest BCUT2D eigenvalue weighted by Crippen LogP contribution is 2.22. The lowest BCUT2D eigenvalue weighted by molar-refractivity contribution is 0.0696. The smallest absolute Gasteiger partial charge is 0.337 e. The molecule has 0 radical (unpaired) electrons. The minimum atomic E-state index is -1.20. The Morgan fingerprint density at radius 1 is 1.00 bits per heavy atom. The van der Waals surface area contributed by atoms with Crippen molar-refractivity contribution >= 4 is 11.9 Å². The highest BCUT2D eigenvalue weighted by molar-refractivity contribution is 5.98. The molecule has 0 atom stereocenters. The number of rotatable bonds is 3. The standard InChI is InChI=1S/C13H9NO4/c15-12(16)9-6-10(13(17)18)11(14-7-9)8-4-2-1-3-5-8/h1-7H,(H,15,16)(H,17,18). The highest BCUT2D eigenvalue weighted by Gasteiger charge is 2.16. The first-order valence-corrected chi connectivity index (χ1v) is 5.11. The molecular formula is C13H9NO4. The van der Waals surface area contributed by atoms with Crippen molar-refractivity contribution in [1.29, 1.82) is 0 Å². The predicted molar refractivity (Wildman–Crippen MR) is 63.6 cm³/mol. The molecule has 0 saturated heterocycles. The van der Waals surface area contributed by atoms with E-state index in [-0.39, 0.29) is 16.8 Å². The second kappa shape index (κ2) is 4.67. The van der Waals surface area contributed by atoms with Crippen LogP contribution >= 0.6 is 0 Å². The molecule has 2 N–H and O–H groups in total. The SMILES string of the molecule is O=C(O)c1cnc(-c2ccccc2)c(C(=O)O)c1. The number of aromatic carboxylic acids is 2. The van der Waals surface area contributed by atoms with Crippen LogP contribution in [0.15, 0.2) is 42.6 Å². The summed E-state index contributed by atoms with van der Waals surface area (Å²) in [4.78, 5) is 25.9. The molecule has 2 rings (SSSR count). The van der Waals surface area contributed by atoms with Gasteiger partial charge in [-0.1, -0.05) is 30.3 Å². The molecular weight excluding hydrogens is 234 g/mol. The van der Waals surface area contributed by atoms with Gasteiger partial charge in [0, 0.05) is 11.8 Å². The van der Waals surface area contributed by atoms with E-state index in [1.165, 1.54) is 0 Å². The van der Waals surface area contributed by atoms with Crippen LogP contribution in [0.1, 0.15) is 20.7 Å². The third kappa shape index (κ3) is 2.20. The van der Waals surface area contributed by atoms with Gasteiger partial charge in [-0.25, -0.2) is 9.59 Å². The van der Waals surface area contributed by atoms with Gasteiger partial charge in [-0.3, -0.25) is 4.98 Å². The van der Waals surface area contributed by atoms with Crippen molar-refractivity contribution in [2.75, 3.05) is 0 Å². The number of carbonyl (C=O) groups is 2.